The maximum Gasteiger partial charge on any atom is 0.134 e. The first-order chi connectivity index (χ1) is 8.19. The van der Waals surface area contributed by atoms with Gasteiger partial charge in [0.25, 0.3) is 0 Å². The SMILES string of the molecule is C=C(OCC)c1cc(CNCCC)ccc1F. The van der Waals surface area contributed by atoms with Crippen LogP contribution in [-0.2, 0) is 11.3 Å². The monoisotopic (exact) mass is 237 g/mol. The normalized spacial score (nSPS) is 10.3. The van der Waals surface area contributed by atoms with Gasteiger partial charge in [0.15, 0.2) is 0 Å². The van der Waals surface area contributed by atoms with Crippen molar-refractivity contribution in [3.8, 4) is 0 Å². The van der Waals surface area contributed by atoms with Crippen LogP contribution in [-0.4, -0.2) is 13.2 Å². The molecule has 0 fully saturated rings. The van der Waals surface area contributed by atoms with Gasteiger partial charge >= 0.3 is 0 Å². The fourth-order valence-corrected chi connectivity index (χ4v) is 1.56. The minimum Gasteiger partial charge on any atom is -0.494 e. The Morgan fingerprint density at radius 3 is 2.82 bits per heavy atom. The fourth-order valence-electron chi connectivity index (χ4n) is 1.56. The average Bonchev–Trinajstić information content (AvgIpc) is 2.32. The summed E-state index contributed by atoms with van der Waals surface area (Å²) in [7, 11) is 0. The summed E-state index contributed by atoms with van der Waals surface area (Å²) in [6, 6.07) is 5.03. The lowest BCUT2D eigenvalue weighted by Gasteiger charge is -2.10. The van der Waals surface area contributed by atoms with E-state index in [2.05, 4.69) is 18.8 Å². The zero-order chi connectivity index (χ0) is 12.7. The lowest BCUT2D eigenvalue weighted by molar-refractivity contribution is 0.297. The van der Waals surface area contributed by atoms with E-state index in [0.29, 0.717) is 17.9 Å². The molecule has 2 nitrogen and oxygen atoms in total. The summed E-state index contributed by atoms with van der Waals surface area (Å²) in [6.07, 6.45) is 1.08. The highest BCUT2D eigenvalue weighted by molar-refractivity contribution is 5.58. The van der Waals surface area contributed by atoms with E-state index >= 15 is 0 Å². The molecule has 0 aliphatic carbocycles. The van der Waals surface area contributed by atoms with Crippen molar-refractivity contribution in [2.24, 2.45) is 0 Å². The molecule has 3 heteroatoms. The number of hydrogen-bond acceptors (Lipinski definition) is 2. The molecule has 0 radical (unpaired) electrons. The van der Waals surface area contributed by atoms with Crippen molar-refractivity contribution in [2.45, 2.75) is 26.8 Å². The van der Waals surface area contributed by atoms with Crippen LogP contribution >= 0.6 is 0 Å². The van der Waals surface area contributed by atoms with Crippen molar-refractivity contribution in [2.75, 3.05) is 13.2 Å². The van der Waals surface area contributed by atoms with E-state index in [4.69, 9.17) is 4.74 Å². The van der Waals surface area contributed by atoms with Crippen LogP contribution in [0.5, 0.6) is 0 Å². The first kappa shape index (κ1) is 13.7. The molecule has 94 valence electrons. The molecule has 0 amide bonds. The van der Waals surface area contributed by atoms with E-state index in [-0.39, 0.29) is 5.82 Å². The zero-order valence-corrected chi connectivity index (χ0v) is 10.6. The van der Waals surface area contributed by atoms with Crippen LogP contribution in [0, 0.1) is 5.82 Å². The van der Waals surface area contributed by atoms with E-state index in [1.165, 1.54) is 6.07 Å². The van der Waals surface area contributed by atoms with Gasteiger partial charge in [-0.15, -0.1) is 0 Å². The Morgan fingerprint density at radius 1 is 1.41 bits per heavy atom. The number of hydrogen-bond donors (Lipinski definition) is 1. The fraction of sp³-hybridized carbons (Fsp3) is 0.429. The van der Waals surface area contributed by atoms with E-state index in [0.717, 1.165) is 25.1 Å². The second kappa shape index (κ2) is 7.07. The molecule has 1 N–H and O–H groups in total. The Bertz CT molecular complexity index is 376. The molecule has 17 heavy (non-hydrogen) atoms. The van der Waals surface area contributed by atoms with Crippen LogP contribution in [0.4, 0.5) is 4.39 Å². The van der Waals surface area contributed by atoms with Gasteiger partial charge in [-0.3, -0.25) is 0 Å². The molecule has 1 rings (SSSR count). The second-order valence-electron chi connectivity index (χ2n) is 3.85. The number of halogens is 1. The van der Waals surface area contributed by atoms with Crippen molar-refractivity contribution in [1.82, 2.24) is 5.32 Å². The minimum atomic E-state index is -0.289. The summed E-state index contributed by atoms with van der Waals surface area (Å²) in [6.45, 7) is 9.89. The Balaban J connectivity index is 2.75. The highest BCUT2D eigenvalue weighted by Crippen LogP contribution is 2.19. The van der Waals surface area contributed by atoms with Crippen LogP contribution in [0.1, 0.15) is 31.4 Å². The predicted octanol–water partition coefficient (Wildman–Crippen LogP) is 3.33. The maximum absolute atomic E-state index is 13.6. The van der Waals surface area contributed by atoms with Gasteiger partial charge in [0.1, 0.15) is 11.6 Å². The molecular weight excluding hydrogens is 217 g/mol. The van der Waals surface area contributed by atoms with Crippen molar-refractivity contribution in [1.29, 1.82) is 0 Å². The van der Waals surface area contributed by atoms with E-state index in [1.807, 2.05) is 6.92 Å². The van der Waals surface area contributed by atoms with Crippen molar-refractivity contribution < 1.29 is 9.13 Å². The highest BCUT2D eigenvalue weighted by atomic mass is 19.1. The predicted molar refractivity (Wildman–Crippen MR) is 69.1 cm³/mol. The summed E-state index contributed by atoms with van der Waals surface area (Å²) in [4.78, 5) is 0. The van der Waals surface area contributed by atoms with Crippen LogP contribution in [0.25, 0.3) is 5.76 Å². The summed E-state index contributed by atoms with van der Waals surface area (Å²) in [5.74, 6) is 0.102. The van der Waals surface area contributed by atoms with Crippen molar-refractivity contribution >= 4 is 5.76 Å². The Labute approximate surface area is 102 Å². The topological polar surface area (TPSA) is 21.3 Å². The summed E-state index contributed by atoms with van der Waals surface area (Å²) >= 11 is 0. The molecular formula is C14H20FNO. The lowest BCUT2D eigenvalue weighted by atomic mass is 10.1. The van der Waals surface area contributed by atoms with Crippen LogP contribution in [0.2, 0.25) is 0 Å². The first-order valence-corrected chi connectivity index (χ1v) is 6.00. The Kier molecular flexibility index (Phi) is 5.70. The quantitative estimate of drug-likeness (QED) is 0.580. The van der Waals surface area contributed by atoms with Crippen LogP contribution in [0.15, 0.2) is 24.8 Å². The molecule has 0 aliphatic heterocycles. The van der Waals surface area contributed by atoms with Crippen molar-refractivity contribution in [3.05, 3.63) is 41.7 Å². The maximum atomic E-state index is 13.6. The molecule has 0 saturated carbocycles. The Morgan fingerprint density at radius 2 is 2.18 bits per heavy atom. The molecule has 0 spiro atoms. The molecule has 0 heterocycles. The van der Waals surface area contributed by atoms with Gasteiger partial charge in [-0.2, -0.15) is 0 Å². The summed E-state index contributed by atoms with van der Waals surface area (Å²) < 4.78 is 18.8. The van der Waals surface area contributed by atoms with Gasteiger partial charge in [0, 0.05) is 6.54 Å². The second-order valence-corrected chi connectivity index (χ2v) is 3.85. The van der Waals surface area contributed by atoms with E-state index in [9.17, 15) is 4.39 Å². The van der Waals surface area contributed by atoms with Gasteiger partial charge in [-0.05, 0) is 37.6 Å². The molecule has 0 unspecified atom stereocenters. The molecule has 0 atom stereocenters. The molecule has 1 aromatic rings. The first-order valence-electron chi connectivity index (χ1n) is 6.00. The van der Waals surface area contributed by atoms with Crippen molar-refractivity contribution in [3.63, 3.8) is 0 Å². The Hall–Kier alpha value is -1.35. The van der Waals surface area contributed by atoms with Gasteiger partial charge in [0.2, 0.25) is 0 Å². The molecule has 1 aromatic carbocycles. The van der Waals surface area contributed by atoms with Gasteiger partial charge in [-0.1, -0.05) is 19.6 Å². The largest absolute Gasteiger partial charge is 0.494 e. The average molecular weight is 237 g/mol. The number of benzene rings is 1. The molecule has 0 aromatic heterocycles. The lowest BCUT2D eigenvalue weighted by Crippen LogP contribution is -2.14. The van der Waals surface area contributed by atoms with E-state index in [1.54, 1.807) is 12.1 Å². The summed E-state index contributed by atoms with van der Waals surface area (Å²) in [5.41, 5.74) is 1.48. The third kappa shape index (κ3) is 4.19. The highest BCUT2D eigenvalue weighted by Gasteiger charge is 2.07. The number of nitrogens with one attached hydrogen (secondary N) is 1. The molecule has 0 saturated heterocycles. The van der Waals surface area contributed by atoms with Crippen LogP contribution < -0.4 is 5.32 Å². The van der Waals surface area contributed by atoms with Gasteiger partial charge in [0.05, 0.1) is 12.2 Å². The molecule has 0 aliphatic rings. The third-order valence-corrected chi connectivity index (χ3v) is 2.41. The number of ether oxygens (including phenoxy) is 1. The van der Waals surface area contributed by atoms with Gasteiger partial charge in [-0.25, -0.2) is 4.39 Å². The standard InChI is InChI=1S/C14H20FNO/c1-4-8-16-10-12-6-7-14(15)13(9-12)11(3)17-5-2/h6-7,9,16H,3-5,8,10H2,1-2H3. The molecule has 0 bridgehead atoms. The minimum absolute atomic E-state index is 0.289. The van der Waals surface area contributed by atoms with Crippen LogP contribution in [0.3, 0.4) is 0 Å². The number of rotatable bonds is 7. The smallest absolute Gasteiger partial charge is 0.134 e. The summed E-state index contributed by atoms with van der Waals surface area (Å²) in [5, 5.41) is 3.28. The third-order valence-electron chi connectivity index (χ3n) is 2.41. The van der Waals surface area contributed by atoms with Gasteiger partial charge < -0.3 is 10.1 Å². The zero-order valence-electron chi connectivity index (χ0n) is 10.6. The van der Waals surface area contributed by atoms with E-state index < -0.39 is 0 Å².